The molecule has 0 bridgehead atoms. The highest BCUT2D eigenvalue weighted by atomic mass is 19.4. The van der Waals surface area contributed by atoms with Crippen LogP contribution < -0.4 is 10.6 Å². The average molecular weight is 311 g/mol. The number of hydrogen-bond acceptors (Lipinski definition) is 3. The molecule has 0 unspecified atom stereocenters. The molecule has 0 amide bonds. The topological polar surface area (TPSA) is 54.9 Å². The Balaban J connectivity index is 2.01. The van der Waals surface area contributed by atoms with E-state index in [4.69, 9.17) is 9.47 Å². The lowest BCUT2D eigenvalue weighted by atomic mass is 10.1. The second-order valence-corrected chi connectivity index (χ2v) is 4.83. The zero-order chi connectivity index (χ0) is 15.6. The van der Waals surface area contributed by atoms with E-state index in [0.717, 1.165) is 32.5 Å². The molecule has 1 heterocycles. The highest BCUT2D eigenvalue weighted by molar-refractivity contribution is 5.79. The van der Waals surface area contributed by atoms with Gasteiger partial charge in [-0.15, -0.1) is 0 Å². The third-order valence-electron chi connectivity index (χ3n) is 3.06. The van der Waals surface area contributed by atoms with Crippen molar-refractivity contribution in [2.24, 2.45) is 4.99 Å². The van der Waals surface area contributed by atoms with E-state index >= 15 is 0 Å². The molecule has 1 aliphatic rings. The molecule has 0 spiro atoms. The molecule has 0 atom stereocenters. The van der Waals surface area contributed by atoms with Crippen molar-refractivity contribution in [3.8, 4) is 0 Å². The first-order valence-electron chi connectivity index (χ1n) is 7.22. The lowest BCUT2D eigenvalue weighted by Gasteiger charge is -2.22. The molecule has 0 aromatic carbocycles. The van der Waals surface area contributed by atoms with E-state index in [1.807, 2.05) is 0 Å². The summed E-state index contributed by atoms with van der Waals surface area (Å²) >= 11 is 0. The predicted molar refractivity (Wildman–Crippen MR) is 74.4 cm³/mol. The Bertz CT molecular complexity index is 306. The molecule has 5 nitrogen and oxygen atoms in total. The van der Waals surface area contributed by atoms with Crippen LogP contribution in [-0.2, 0) is 9.47 Å². The van der Waals surface area contributed by atoms with Crippen LogP contribution in [0.3, 0.4) is 0 Å². The Kier molecular flexibility index (Phi) is 8.44. The van der Waals surface area contributed by atoms with Crippen LogP contribution in [0, 0.1) is 0 Å². The summed E-state index contributed by atoms with van der Waals surface area (Å²) in [4.78, 5) is 3.86. The minimum absolute atomic E-state index is 0.179. The van der Waals surface area contributed by atoms with E-state index in [2.05, 4.69) is 15.6 Å². The molecule has 0 saturated carbocycles. The summed E-state index contributed by atoms with van der Waals surface area (Å²) in [6, 6.07) is 0. The van der Waals surface area contributed by atoms with Crippen LogP contribution >= 0.6 is 0 Å². The standard InChI is InChI=1S/C13H24F3N3O2/c1-17-12(19-7-5-13(14,15)16)18-6-2-8-21-11-3-9-20-10-4-11/h11H,2-10H2,1H3,(H2,17,18,19). The molecule has 0 radical (unpaired) electrons. The van der Waals surface area contributed by atoms with Gasteiger partial charge in [0.05, 0.1) is 12.5 Å². The van der Waals surface area contributed by atoms with Crippen LogP contribution in [0.4, 0.5) is 13.2 Å². The molecular weight excluding hydrogens is 287 g/mol. The Morgan fingerprint density at radius 1 is 1.24 bits per heavy atom. The van der Waals surface area contributed by atoms with Crippen molar-refractivity contribution >= 4 is 5.96 Å². The first-order valence-corrected chi connectivity index (χ1v) is 7.22. The van der Waals surface area contributed by atoms with Gasteiger partial charge in [0.25, 0.3) is 0 Å². The Hall–Kier alpha value is -1.02. The van der Waals surface area contributed by atoms with Gasteiger partial charge in [0.15, 0.2) is 5.96 Å². The molecule has 8 heteroatoms. The maximum absolute atomic E-state index is 12.0. The van der Waals surface area contributed by atoms with Gasteiger partial charge in [-0.05, 0) is 19.3 Å². The van der Waals surface area contributed by atoms with Crippen LogP contribution in [0.25, 0.3) is 0 Å². The number of hydrogen-bond donors (Lipinski definition) is 2. The zero-order valence-electron chi connectivity index (χ0n) is 12.3. The van der Waals surface area contributed by atoms with E-state index in [9.17, 15) is 13.2 Å². The van der Waals surface area contributed by atoms with Gasteiger partial charge in [-0.25, -0.2) is 0 Å². The van der Waals surface area contributed by atoms with E-state index in [-0.39, 0.29) is 12.6 Å². The van der Waals surface area contributed by atoms with Crippen molar-refractivity contribution in [1.29, 1.82) is 0 Å². The molecule has 0 aromatic heterocycles. The number of nitrogens with zero attached hydrogens (tertiary/aromatic N) is 1. The van der Waals surface area contributed by atoms with Crippen LogP contribution in [-0.4, -0.2) is 58.2 Å². The molecule has 2 N–H and O–H groups in total. The third-order valence-corrected chi connectivity index (χ3v) is 3.06. The highest BCUT2D eigenvalue weighted by Crippen LogP contribution is 2.18. The van der Waals surface area contributed by atoms with Crippen molar-refractivity contribution in [2.75, 3.05) is 40.0 Å². The number of ether oxygens (including phenoxy) is 2. The molecule has 1 saturated heterocycles. The van der Waals surface area contributed by atoms with Crippen LogP contribution in [0.15, 0.2) is 4.99 Å². The predicted octanol–water partition coefficient (Wildman–Crippen LogP) is 1.69. The summed E-state index contributed by atoms with van der Waals surface area (Å²) in [5.41, 5.74) is 0. The minimum atomic E-state index is -4.15. The lowest BCUT2D eigenvalue weighted by molar-refractivity contribution is -0.132. The fraction of sp³-hybridized carbons (Fsp3) is 0.923. The molecule has 124 valence electrons. The third kappa shape index (κ3) is 9.52. The molecular formula is C13H24F3N3O2. The van der Waals surface area contributed by atoms with Gasteiger partial charge in [-0.3, -0.25) is 4.99 Å². The summed E-state index contributed by atoms with van der Waals surface area (Å²) in [7, 11) is 1.53. The largest absolute Gasteiger partial charge is 0.390 e. The van der Waals surface area contributed by atoms with Crippen LogP contribution in [0.2, 0.25) is 0 Å². The SMILES string of the molecule is CN=C(NCCCOC1CCOCC1)NCCC(F)(F)F. The fourth-order valence-electron chi connectivity index (χ4n) is 1.91. The molecule has 1 aliphatic heterocycles. The average Bonchev–Trinajstić information content (AvgIpc) is 2.45. The van der Waals surface area contributed by atoms with Crippen molar-refractivity contribution < 1.29 is 22.6 Å². The maximum Gasteiger partial charge on any atom is 0.390 e. The molecule has 1 fully saturated rings. The first-order chi connectivity index (χ1) is 10.0. The molecule has 0 aliphatic carbocycles. The summed E-state index contributed by atoms with van der Waals surface area (Å²) in [5.74, 6) is 0.380. The summed E-state index contributed by atoms with van der Waals surface area (Å²) in [6.45, 7) is 2.55. The number of guanidine groups is 1. The summed E-state index contributed by atoms with van der Waals surface area (Å²) < 4.78 is 47.0. The minimum Gasteiger partial charge on any atom is -0.381 e. The van der Waals surface area contributed by atoms with Gasteiger partial charge in [0.2, 0.25) is 0 Å². The smallest absolute Gasteiger partial charge is 0.381 e. The molecule has 0 aromatic rings. The molecule has 21 heavy (non-hydrogen) atoms. The van der Waals surface area contributed by atoms with E-state index in [1.165, 1.54) is 7.05 Å². The van der Waals surface area contributed by atoms with E-state index in [1.54, 1.807) is 0 Å². The van der Waals surface area contributed by atoms with E-state index in [0.29, 0.717) is 19.1 Å². The summed E-state index contributed by atoms with van der Waals surface area (Å²) in [5, 5.41) is 5.59. The number of aliphatic imine (C=N–C) groups is 1. The van der Waals surface area contributed by atoms with Crippen LogP contribution in [0.5, 0.6) is 0 Å². The van der Waals surface area contributed by atoms with Gasteiger partial charge in [-0.2, -0.15) is 13.2 Å². The second kappa shape index (κ2) is 9.83. The van der Waals surface area contributed by atoms with Gasteiger partial charge in [0, 0.05) is 40.0 Å². The Morgan fingerprint density at radius 3 is 2.52 bits per heavy atom. The first kappa shape index (κ1) is 18.0. The number of nitrogens with one attached hydrogen (secondary N) is 2. The lowest BCUT2D eigenvalue weighted by Crippen LogP contribution is -2.39. The molecule has 1 rings (SSSR count). The van der Waals surface area contributed by atoms with Gasteiger partial charge < -0.3 is 20.1 Å². The van der Waals surface area contributed by atoms with Gasteiger partial charge >= 0.3 is 6.18 Å². The Morgan fingerprint density at radius 2 is 1.90 bits per heavy atom. The zero-order valence-corrected chi connectivity index (χ0v) is 12.3. The normalized spacial score (nSPS) is 17.8. The van der Waals surface area contributed by atoms with Crippen LogP contribution in [0.1, 0.15) is 25.7 Å². The number of halogens is 3. The fourth-order valence-corrected chi connectivity index (χ4v) is 1.91. The monoisotopic (exact) mass is 311 g/mol. The maximum atomic E-state index is 12.0. The quantitative estimate of drug-likeness (QED) is 0.427. The highest BCUT2D eigenvalue weighted by Gasteiger charge is 2.26. The van der Waals surface area contributed by atoms with Crippen molar-refractivity contribution in [3.05, 3.63) is 0 Å². The van der Waals surface area contributed by atoms with Crippen molar-refractivity contribution in [1.82, 2.24) is 10.6 Å². The van der Waals surface area contributed by atoms with Gasteiger partial charge in [0.1, 0.15) is 0 Å². The number of alkyl halides is 3. The van der Waals surface area contributed by atoms with E-state index < -0.39 is 12.6 Å². The van der Waals surface area contributed by atoms with Crippen molar-refractivity contribution in [3.63, 3.8) is 0 Å². The van der Waals surface area contributed by atoms with Gasteiger partial charge in [-0.1, -0.05) is 0 Å². The summed E-state index contributed by atoms with van der Waals surface area (Å²) in [6.07, 6.45) is -2.13. The van der Waals surface area contributed by atoms with Crippen molar-refractivity contribution in [2.45, 2.75) is 38.0 Å². The number of rotatable bonds is 7. The second-order valence-electron chi connectivity index (χ2n) is 4.83. The Labute approximate surface area is 123 Å².